The van der Waals surface area contributed by atoms with Crippen molar-refractivity contribution in [2.75, 3.05) is 0 Å². The van der Waals surface area contributed by atoms with Crippen LogP contribution < -0.4 is 4.72 Å². The average molecular weight is 239 g/mol. The molecule has 1 amide bonds. The second-order valence-electron chi connectivity index (χ2n) is 3.44. The van der Waals surface area contributed by atoms with Crippen LogP contribution in [0.3, 0.4) is 0 Å². The van der Waals surface area contributed by atoms with E-state index in [-0.39, 0.29) is 4.91 Å². The topological polar surface area (TPSA) is 63.2 Å². The maximum atomic E-state index is 11.4. The van der Waals surface area contributed by atoms with Crippen LogP contribution in [0.1, 0.15) is 13.8 Å². The first-order valence-corrected chi connectivity index (χ1v) is 6.11. The first-order valence-electron chi connectivity index (χ1n) is 4.63. The van der Waals surface area contributed by atoms with E-state index < -0.39 is 15.9 Å². The molecule has 1 rings (SSSR count). The van der Waals surface area contributed by atoms with Gasteiger partial charge in [-0.25, -0.2) is 13.1 Å². The highest BCUT2D eigenvalue weighted by Crippen LogP contribution is 2.20. The third-order valence-electron chi connectivity index (χ3n) is 2.09. The molecule has 5 heteroatoms. The van der Waals surface area contributed by atoms with Gasteiger partial charge in [-0.2, -0.15) is 0 Å². The van der Waals surface area contributed by atoms with Gasteiger partial charge < -0.3 is 0 Å². The van der Waals surface area contributed by atoms with Crippen molar-refractivity contribution in [2.45, 2.75) is 13.8 Å². The van der Waals surface area contributed by atoms with Crippen LogP contribution in [0.25, 0.3) is 0 Å². The molecule has 0 aromatic carbocycles. The number of hydrogen-bond donors (Lipinski definition) is 1. The van der Waals surface area contributed by atoms with Gasteiger partial charge in [0.25, 0.3) is 15.9 Å². The largest absolute Gasteiger partial charge is 0.269 e. The Labute approximate surface area is 95.1 Å². The minimum atomic E-state index is -3.65. The Morgan fingerprint density at radius 2 is 2.00 bits per heavy atom. The molecule has 4 nitrogen and oxygen atoms in total. The lowest BCUT2D eigenvalue weighted by molar-refractivity contribution is -0.114. The van der Waals surface area contributed by atoms with Crippen molar-refractivity contribution in [3.63, 3.8) is 0 Å². The summed E-state index contributed by atoms with van der Waals surface area (Å²) in [5.41, 5.74) is 1.43. The Kier molecular flexibility index (Phi) is 3.49. The SMILES string of the molecule is C=C/C(C)=C\C=C(/C)C1=CC(=O)NS1(=O)=O. The molecule has 1 N–H and O–H groups in total. The van der Waals surface area contributed by atoms with Gasteiger partial charge in [-0.3, -0.25) is 4.79 Å². The van der Waals surface area contributed by atoms with Crippen LogP contribution in [0, 0.1) is 0 Å². The lowest BCUT2D eigenvalue weighted by atomic mass is 10.2. The van der Waals surface area contributed by atoms with Crippen molar-refractivity contribution >= 4 is 15.9 Å². The number of carbonyl (C=O) groups excluding carboxylic acids is 1. The Bertz CT molecular complexity index is 521. The van der Waals surface area contributed by atoms with E-state index in [0.717, 1.165) is 11.6 Å². The summed E-state index contributed by atoms with van der Waals surface area (Å²) in [6.45, 7) is 7.06. The highest BCUT2D eigenvalue weighted by molar-refractivity contribution is 7.94. The van der Waals surface area contributed by atoms with E-state index in [0.29, 0.717) is 5.57 Å². The Morgan fingerprint density at radius 1 is 1.38 bits per heavy atom. The van der Waals surface area contributed by atoms with Crippen molar-refractivity contribution in [1.82, 2.24) is 4.72 Å². The van der Waals surface area contributed by atoms with Gasteiger partial charge in [0, 0.05) is 6.08 Å². The first-order chi connectivity index (χ1) is 7.36. The third kappa shape index (κ3) is 2.70. The van der Waals surface area contributed by atoms with Crippen LogP contribution in [0.4, 0.5) is 0 Å². The number of allylic oxidation sites excluding steroid dienone is 5. The van der Waals surface area contributed by atoms with E-state index in [2.05, 4.69) is 6.58 Å². The second kappa shape index (κ2) is 4.49. The lowest BCUT2D eigenvalue weighted by Crippen LogP contribution is -2.22. The predicted octanol–water partition coefficient (Wildman–Crippen LogP) is 1.41. The molecule has 0 aromatic heterocycles. The van der Waals surface area contributed by atoms with Gasteiger partial charge in [-0.05, 0) is 19.4 Å². The number of sulfonamides is 1. The molecule has 0 radical (unpaired) electrons. The minimum Gasteiger partial charge on any atom is -0.269 e. The van der Waals surface area contributed by atoms with E-state index in [4.69, 9.17) is 0 Å². The van der Waals surface area contributed by atoms with Gasteiger partial charge in [-0.1, -0.05) is 30.4 Å². The van der Waals surface area contributed by atoms with Crippen molar-refractivity contribution in [3.8, 4) is 0 Å². The van der Waals surface area contributed by atoms with Crippen LogP contribution >= 0.6 is 0 Å². The van der Waals surface area contributed by atoms with Gasteiger partial charge >= 0.3 is 0 Å². The summed E-state index contributed by atoms with van der Waals surface area (Å²) in [6.07, 6.45) is 6.12. The van der Waals surface area contributed by atoms with Crippen LogP contribution in [-0.4, -0.2) is 14.3 Å². The maximum Gasteiger partial charge on any atom is 0.264 e. The number of rotatable bonds is 3. The molecule has 0 unspecified atom stereocenters. The molecule has 86 valence electrons. The van der Waals surface area contributed by atoms with Crippen LogP contribution in [-0.2, 0) is 14.8 Å². The molecule has 0 saturated heterocycles. The van der Waals surface area contributed by atoms with Crippen molar-refractivity contribution in [1.29, 1.82) is 0 Å². The molecule has 0 aromatic rings. The summed E-state index contributed by atoms with van der Waals surface area (Å²) < 4.78 is 24.8. The fraction of sp³-hybridized carbons (Fsp3) is 0.182. The molecule has 16 heavy (non-hydrogen) atoms. The lowest BCUT2D eigenvalue weighted by Gasteiger charge is -2.00. The molecule has 1 heterocycles. The first kappa shape index (κ1) is 12.4. The second-order valence-corrected chi connectivity index (χ2v) is 5.09. The molecule has 0 atom stereocenters. The molecule has 0 bridgehead atoms. The molecule has 0 spiro atoms. The maximum absolute atomic E-state index is 11.4. The van der Waals surface area contributed by atoms with Gasteiger partial charge in [0.15, 0.2) is 0 Å². The molecule has 1 aliphatic rings. The zero-order chi connectivity index (χ0) is 12.3. The number of nitrogens with one attached hydrogen (secondary N) is 1. The van der Waals surface area contributed by atoms with Crippen LogP contribution in [0.2, 0.25) is 0 Å². The quantitative estimate of drug-likeness (QED) is 0.757. The van der Waals surface area contributed by atoms with E-state index in [1.807, 2.05) is 11.6 Å². The Morgan fingerprint density at radius 3 is 2.44 bits per heavy atom. The van der Waals surface area contributed by atoms with Gasteiger partial charge in [0.2, 0.25) is 0 Å². The van der Waals surface area contributed by atoms with E-state index in [1.165, 1.54) is 0 Å². The van der Waals surface area contributed by atoms with Crippen LogP contribution in [0.5, 0.6) is 0 Å². The Hall–Kier alpha value is -1.62. The molecule has 0 aliphatic carbocycles. The zero-order valence-electron chi connectivity index (χ0n) is 9.15. The smallest absolute Gasteiger partial charge is 0.264 e. The van der Waals surface area contributed by atoms with Crippen molar-refractivity contribution < 1.29 is 13.2 Å². The Balaban J connectivity index is 3.08. The molecule has 0 saturated carbocycles. The zero-order valence-corrected chi connectivity index (χ0v) is 9.97. The summed E-state index contributed by atoms with van der Waals surface area (Å²) in [7, 11) is -3.65. The standard InChI is InChI=1S/C11H13NO3S/c1-4-8(2)5-6-9(3)10-7-11(13)12-16(10,14)15/h4-7H,1H2,2-3H3,(H,12,13)/b8-5-,9-6+. The van der Waals surface area contributed by atoms with E-state index in [9.17, 15) is 13.2 Å². The molecular formula is C11H13NO3S. The average Bonchev–Trinajstić information content (AvgIpc) is 2.47. The summed E-state index contributed by atoms with van der Waals surface area (Å²) in [5, 5.41) is 0. The summed E-state index contributed by atoms with van der Waals surface area (Å²) >= 11 is 0. The van der Waals surface area contributed by atoms with Crippen LogP contribution in [0.15, 0.2) is 46.9 Å². The predicted molar refractivity (Wildman–Crippen MR) is 62.9 cm³/mol. The van der Waals surface area contributed by atoms with Gasteiger partial charge in [0.05, 0.1) is 4.91 Å². The normalized spacial score (nSPS) is 20.4. The number of carbonyl (C=O) groups is 1. The van der Waals surface area contributed by atoms with Gasteiger partial charge in [0.1, 0.15) is 0 Å². The summed E-state index contributed by atoms with van der Waals surface area (Å²) in [4.78, 5) is 11.0. The molecule has 0 fully saturated rings. The van der Waals surface area contributed by atoms with Crippen molar-refractivity contribution in [2.24, 2.45) is 0 Å². The summed E-state index contributed by atoms with van der Waals surface area (Å²) in [6, 6.07) is 0. The number of hydrogen-bond acceptors (Lipinski definition) is 3. The fourth-order valence-corrected chi connectivity index (χ4v) is 2.33. The van der Waals surface area contributed by atoms with Gasteiger partial charge in [-0.15, -0.1) is 0 Å². The van der Waals surface area contributed by atoms with Crippen molar-refractivity contribution in [3.05, 3.63) is 46.9 Å². The highest BCUT2D eigenvalue weighted by atomic mass is 32.2. The summed E-state index contributed by atoms with van der Waals surface area (Å²) in [5.74, 6) is -0.604. The number of amides is 1. The van der Waals surface area contributed by atoms with E-state index >= 15 is 0 Å². The minimum absolute atomic E-state index is 0.0191. The monoisotopic (exact) mass is 239 g/mol. The molecule has 1 aliphatic heterocycles. The third-order valence-corrected chi connectivity index (χ3v) is 3.58. The highest BCUT2D eigenvalue weighted by Gasteiger charge is 2.28. The fourth-order valence-electron chi connectivity index (χ4n) is 1.15. The molecular weight excluding hydrogens is 226 g/mol. The van der Waals surface area contributed by atoms with E-state index in [1.54, 1.807) is 25.2 Å².